The number of hydrogen-bond acceptors (Lipinski definition) is 4. The molecule has 2 atom stereocenters. The van der Waals surface area contributed by atoms with Crippen LogP contribution in [-0.4, -0.2) is 26.5 Å². The van der Waals surface area contributed by atoms with E-state index in [0.29, 0.717) is 6.42 Å². The van der Waals surface area contributed by atoms with Gasteiger partial charge in [-0.15, -0.1) is 3.89 Å². The summed E-state index contributed by atoms with van der Waals surface area (Å²) in [6.07, 6.45) is 0.427. The van der Waals surface area contributed by atoms with Crippen molar-refractivity contribution in [3.63, 3.8) is 0 Å². The van der Waals surface area contributed by atoms with E-state index in [-0.39, 0.29) is 19.1 Å². The smallest absolute Gasteiger partial charge is 0.329 e. The summed E-state index contributed by atoms with van der Waals surface area (Å²) in [5, 5.41) is 0. The van der Waals surface area contributed by atoms with E-state index in [1.807, 2.05) is 0 Å². The lowest BCUT2D eigenvalue weighted by Gasteiger charge is -2.07. The Morgan fingerprint density at radius 2 is 2.18 bits per heavy atom. The zero-order valence-corrected chi connectivity index (χ0v) is 6.68. The van der Waals surface area contributed by atoms with Gasteiger partial charge in [0.1, 0.15) is 0 Å². The summed E-state index contributed by atoms with van der Waals surface area (Å²) in [6.45, 7) is 0.242. The normalized spacial score (nSPS) is 32.5. The van der Waals surface area contributed by atoms with E-state index in [4.69, 9.17) is 10.5 Å². The maximum atomic E-state index is 12.2. The third-order valence-corrected chi connectivity index (χ3v) is 2.62. The predicted octanol–water partition coefficient (Wildman–Crippen LogP) is -0.251. The Morgan fingerprint density at radius 3 is 2.45 bits per heavy atom. The molecule has 1 saturated heterocycles. The van der Waals surface area contributed by atoms with E-state index in [9.17, 15) is 12.3 Å². The highest BCUT2D eigenvalue weighted by atomic mass is 32.3. The summed E-state index contributed by atoms with van der Waals surface area (Å²) in [6, 6.07) is 0. The monoisotopic (exact) mass is 183 g/mol. The zero-order valence-electron chi connectivity index (χ0n) is 5.86. The molecule has 1 aliphatic heterocycles. The van der Waals surface area contributed by atoms with Crippen LogP contribution in [0.1, 0.15) is 12.8 Å². The molecule has 1 fully saturated rings. The molecule has 1 rings (SSSR count). The first-order chi connectivity index (χ1) is 5.04. The van der Waals surface area contributed by atoms with Crippen molar-refractivity contribution in [1.29, 1.82) is 0 Å². The Morgan fingerprint density at radius 1 is 1.55 bits per heavy atom. The highest BCUT2D eigenvalue weighted by molar-refractivity contribution is 7.86. The van der Waals surface area contributed by atoms with Crippen LogP contribution in [0.2, 0.25) is 0 Å². The highest BCUT2D eigenvalue weighted by Crippen LogP contribution is 2.23. The molecule has 66 valence electrons. The second-order valence-electron chi connectivity index (χ2n) is 2.48. The van der Waals surface area contributed by atoms with Crippen molar-refractivity contribution in [2.24, 2.45) is 5.73 Å². The topological polar surface area (TPSA) is 69.4 Å². The van der Waals surface area contributed by atoms with Crippen LogP contribution in [0.4, 0.5) is 3.89 Å². The van der Waals surface area contributed by atoms with Crippen molar-refractivity contribution in [2.45, 2.75) is 24.4 Å². The third kappa shape index (κ3) is 2.11. The van der Waals surface area contributed by atoms with Crippen LogP contribution in [-0.2, 0) is 15.0 Å². The molecule has 0 spiro atoms. The van der Waals surface area contributed by atoms with E-state index in [0.717, 1.165) is 0 Å². The summed E-state index contributed by atoms with van der Waals surface area (Å²) in [5.74, 6) is 0. The minimum absolute atomic E-state index is 0.209. The van der Waals surface area contributed by atoms with Crippen molar-refractivity contribution in [3.8, 4) is 0 Å². The molecule has 1 aliphatic rings. The maximum Gasteiger partial charge on any atom is 0.329 e. The fraction of sp³-hybridized carbons (Fsp3) is 1.00. The number of rotatable bonds is 2. The van der Waals surface area contributed by atoms with Gasteiger partial charge in [0.15, 0.2) is 5.44 Å². The van der Waals surface area contributed by atoms with Gasteiger partial charge in [-0.25, -0.2) is 0 Å². The van der Waals surface area contributed by atoms with Crippen molar-refractivity contribution in [1.82, 2.24) is 0 Å². The molecule has 0 amide bonds. The van der Waals surface area contributed by atoms with E-state index in [1.54, 1.807) is 0 Å². The van der Waals surface area contributed by atoms with Gasteiger partial charge in [0.05, 0.1) is 6.10 Å². The maximum absolute atomic E-state index is 12.2. The fourth-order valence-electron chi connectivity index (χ4n) is 1.05. The lowest BCUT2D eigenvalue weighted by atomic mass is 10.2. The van der Waals surface area contributed by atoms with Crippen LogP contribution in [0.15, 0.2) is 0 Å². The van der Waals surface area contributed by atoms with Crippen LogP contribution in [0.25, 0.3) is 0 Å². The summed E-state index contributed by atoms with van der Waals surface area (Å²) >= 11 is 0. The van der Waals surface area contributed by atoms with Crippen LogP contribution in [0.3, 0.4) is 0 Å². The van der Waals surface area contributed by atoms with Gasteiger partial charge in [-0.3, -0.25) is 0 Å². The van der Waals surface area contributed by atoms with Crippen molar-refractivity contribution in [2.75, 3.05) is 6.54 Å². The second kappa shape index (κ2) is 3.04. The van der Waals surface area contributed by atoms with Gasteiger partial charge in [0.2, 0.25) is 0 Å². The van der Waals surface area contributed by atoms with Crippen LogP contribution in [0.5, 0.6) is 0 Å². The summed E-state index contributed by atoms with van der Waals surface area (Å²) < 4.78 is 37.5. The van der Waals surface area contributed by atoms with Gasteiger partial charge in [-0.2, -0.15) is 8.42 Å². The van der Waals surface area contributed by atoms with E-state index in [2.05, 4.69) is 0 Å². The first-order valence-electron chi connectivity index (χ1n) is 3.33. The average Bonchev–Trinajstić information content (AvgIpc) is 2.32. The molecule has 0 aliphatic carbocycles. The molecule has 0 aromatic heterocycles. The molecular formula is C5H10FNO3S. The number of hydrogen-bond donors (Lipinski definition) is 1. The van der Waals surface area contributed by atoms with Crippen molar-refractivity contribution >= 4 is 10.2 Å². The van der Waals surface area contributed by atoms with Gasteiger partial charge in [-0.05, 0) is 12.8 Å². The first kappa shape index (κ1) is 8.89. The Hall–Kier alpha value is -0.200. The molecule has 6 heteroatoms. The van der Waals surface area contributed by atoms with Crippen LogP contribution in [0, 0.1) is 0 Å². The lowest BCUT2D eigenvalue weighted by Crippen LogP contribution is -2.23. The Labute approximate surface area is 64.7 Å². The second-order valence-corrected chi connectivity index (χ2v) is 3.95. The van der Waals surface area contributed by atoms with Gasteiger partial charge in [-0.1, -0.05) is 0 Å². The molecule has 0 radical (unpaired) electrons. The Bertz CT molecular complexity index is 228. The summed E-state index contributed by atoms with van der Waals surface area (Å²) in [4.78, 5) is 0. The van der Waals surface area contributed by atoms with E-state index < -0.39 is 15.7 Å². The quantitative estimate of drug-likeness (QED) is 0.599. The standard InChI is InChI=1S/C5H10FNO3S/c6-11(8,9)5-2-1-4(3-7)10-5/h4-5H,1-3,7H2. The van der Waals surface area contributed by atoms with Gasteiger partial charge in [0, 0.05) is 6.54 Å². The predicted molar refractivity (Wildman–Crippen MR) is 37.0 cm³/mol. The number of nitrogens with two attached hydrogens (primary N) is 1. The largest absolute Gasteiger partial charge is 0.355 e. The minimum atomic E-state index is -4.52. The van der Waals surface area contributed by atoms with Gasteiger partial charge in [0.25, 0.3) is 0 Å². The first-order valence-corrected chi connectivity index (χ1v) is 4.77. The van der Waals surface area contributed by atoms with E-state index in [1.165, 1.54) is 0 Å². The summed E-state index contributed by atoms with van der Waals surface area (Å²) in [7, 11) is -4.52. The van der Waals surface area contributed by atoms with Crippen LogP contribution >= 0.6 is 0 Å². The third-order valence-electron chi connectivity index (χ3n) is 1.65. The molecule has 1 heterocycles. The molecule has 2 N–H and O–H groups in total. The van der Waals surface area contributed by atoms with Crippen LogP contribution < -0.4 is 5.73 Å². The Balaban J connectivity index is 2.55. The molecule has 11 heavy (non-hydrogen) atoms. The Kier molecular flexibility index (Phi) is 2.46. The van der Waals surface area contributed by atoms with Gasteiger partial charge >= 0.3 is 10.2 Å². The molecule has 0 bridgehead atoms. The fourth-order valence-corrected chi connectivity index (χ4v) is 1.76. The lowest BCUT2D eigenvalue weighted by molar-refractivity contribution is 0.0901. The molecular weight excluding hydrogens is 173 g/mol. The molecule has 4 nitrogen and oxygen atoms in total. The number of halogens is 1. The molecule has 0 aromatic rings. The van der Waals surface area contributed by atoms with Crippen molar-refractivity contribution in [3.05, 3.63) is 0 Å². The average molecular weight is 183 g/mol. The van der Waals surface area contributed by atoms with Crippen molar-refractivity contribution < 1.29 is 17.0 Å². The van der Waals surface area contributed by atoms with Gasteiger partial charge < -0.3 is 10.5 Å². The molecule has 2 unspecified atom stereocenters. The summed E-state index contributed by atoms with van der Waals surface area (Å²) in [5.41, 5.74) is 3.92. The van der Waals surface area contributed by atoms with E-state index >= 15 is 0 Å². The zero-order chi connectivity index (χ0) is 8.48. The minimum Gasteiger partial charge on any atom is -0.355 e. The molecule has 0 saturated carbocycles. The highest BCUT2D eigenvalue weighted by Gasteiger charge is 2.34. The number of ether oxygens (including phenoxy) is 1. The molecule has 0 aromatic carbocycles. The SMILES string of the molecule is NCC1CCC(S(=O)(=O)F)O1.